The van der Waals surface area contributed by atoms with Gasteiger partial charge in [-0.25, -0.2) is 4.39 Å². The molecule has 0 spiro atoms. The summed E-state index contributed by atoms with van der Waals surface area (Å²) in [5.74, 6) is -0.442. The SMILES string of the molecule is CC(Br)c1cc(F)c(Cl)cc1Cl. The van der Waals surface area contributed by atoms with Gasteiger partial charge >= 0.3 is 0 Å². The second-order valence-corrected chi connectivity index (χ2v) is 4.59. The highest BCUT2D eigenvalue weighted by Crippen LogP contribution is 2.32. The lowest BCUT2D eigenvalue weighted by Gasteiger charge is -2.06. The van der Waals surface area contributed by atoms with Crippen LogP contribution in [0.3, 0.4) is 0 Å². The van der Waals surface area contributed by atoms with Crippen molar-refractivity contribution in [2.45, 2.75) is 11.8 Å². The first-order chi connectivity index (χ1) is 5.52. The average molecular weight is 272 g/mol. The monoisotopic (exact) mass is 270 g/mol. The van der Waals surface area contributed by atoms with Gasteiger partial charge in [-0.15, -0.1) is 0 Å². The van der Waals surface area contributed by atoms with Crippen molar-refractivity contribution in [2.24, 2.45) is 0 Å². The summed E-state index contributed by atoms with van der Waals surface area (Å²) < 4.78 is 12.9. The lowest BCUT2D eigenvalue weighted by molar-refractivity contribution is 0.626. The van der Waals surface area contributed by atoms with Crippen LogP contribution in [0.15, 0.2) is 12.1 Å². The maximum Gasteiger partial charge on any atom is 0.142 e. The van der Waals surface area contributed by atoms with Gasteiger partial charge in [-0.2, -0.15) is 0 Å². The van der Waals surface area contributed by atoms with Crippen molar-refractivity contribution >= 4 is 39.1 Å². The molecular formula is C8H6BrCl2F. The minimum absolute atomic E-state index is 0.0248. The lowest BCUT2D eigenvalue weighted by Crippen LogP contribution is -1.88. The van der Waals surface area contributed by atoms with Crippen LogP contribution >= 0.6 is 39.1 Å². The van der Waals surface area contributed by atoms with Crippen molar-refractivity contribution < 1.29 is 4.39 Å². The fourth-order valence-corrected chi connectivity index (χ4v) is 1.90. The Labute approximate surface area is 88.8 Å². The molecule has 1 aromatic rings. The highest BCUT2D eigenvalue weighted by Gasteiger charge is 2.10. The van der Waals surface area contributed by atoms with Gasteiger partial charge in [-0.3, -0.25) is 0 Å². The van der Waals surface area contributed by atoms with Gasteiger partial charge in [0.2, 0.25) is 0 Å². The third kappa shape index (κ3) is 2.12. The molecule has 0 saturated carbocycles. The summed E-state index contributed by atoms with van der Waals surface area (Å²) in [4.78, 5) is 0.0248. The molecule has 1 rings (SSSR count). The van der Waals surface area contributed by atoms with E-state index >= 15 is 0 Å². The number of benzene rings is 1. The average Bonchev–Trinajstić information content (AvgIpc) is 1.96. The smallest absolute Gasteiger partial charge is 0.142 e. The van der Waals surface area contributed by atoms with Gasteiger partial charge in [0.1, 0.15) is 5.82 Å². The first-order valence-corrected chi connectivity index (χ1v) is 4.98. The Morgan fingerprint density at radius 2 is 1.92 bits per heavy atom. The predicted molar refractivity (Wildman–Crippen MR) is 53.8 cm³/mol. The van der Waals surface area contributed by atoms with E-state index in [1.54, 1.807) is 0 Å². The Bertz CT molecular complexity index is 299. The summed E-state index contributed by atoms with van der Waals surface area (Å²) in [7, 11) is 0. The Morgan fingerprint density at radius 1 is 1.33 bits per heavy atom. The van der Waals surface area contributed by atoms with Gasteiger partial charge in [0.05, 0.1) is 5.02 Å². The van der Waals surface area contributed by atoms with Gasteiger partial charge < -0.3 is 0 Å². The molecule has 0 nitrogen and oxygen atoms in total. The second-order valence-electron chi connectivity index (χ2n) is 2.40. The maximum absolute atomic E-state index is 12.9. The molecule has 0 fully saturated rings. The molecule has 66 valence electrons. The zero-order valence-electron chi connectivity index (χ0n) is 6.24. The zero-order valence-corrected chi connectivity index (χ0v) is 9.34. The minimum Gasteiger partial charge on any atom is -0.205 e. The van der Waals surface area contributed by atoms with Crippen LogP contribution in [0.25, 0.3) is 0 Å². The van der Waals surface area contributed by atoms with Crippen molar-refractivity contribution in [3.63, 3.8) is 0 Å². The summed E-state index contributed by atoms with van der Waals surface area (Å²) in [6, 6.07) is 2.75. The van der Waals surface area contributed by atoms with E-state index in [1.807, 2.05) is 6.92 Å². The summed E-state index contributed by atoms with van der Waals surface area (Å²) >= 11 is 14.6. The van der Waals surface area contributed by atoms with Gasteiger partial charge in [-0.1, -0.05) is 39.1 Å². The first-order valence-electron chi connectivity index (χ1n) is 3.31. The molecular weight excluding hydrogens is 266 g/mol. The summed E-state index contributed by atoms with van der Waals surface area (Å²) in [5, 5.41) is 0.530. The van der Waals surface area contributed by atoms with E-state index in [2.05, 4.69) is 15.9 Å². The van der Waals surface area contributed by atoms with E-state index in [-0.39, 0.29) is 9.85 Å². The molecule has 0 N–H and O–H groups in total. The van der Waals surface area contributed by atoms with Crippen molar-refractivity contribution in [3.8, 4) is 0 Å². The van der Waals surface area contributed by atoms with Crippen LogP contribution in [-0.4, -0.2) is 0 Å². The highest BCUT2D eigenvalue weighted by molar-refractivity contribution is 9.09. The number of hydrogen-bond acceptors (Lipinski definition) is 0. The van der Waals surface area contributed by atoms with E-state index in [9.17, 15) is 4.39 Å². The van der Waals surface area contributed by atoms with Crippen LogP contribution in [0.4, 0.5) is 4.39 Å². The van der Waals surface area contributed by atoms with Crippen molar-refractivity contribution in [2.75, 3.05) is 0 Å². The number of halogens is 4. The molecule has 1 unspecified atom stereocenters. The Balaban J connectivity index is 3.23. The summed E-state index contributed by atoms with van der Waals surface area (Å²) in [6.45, 7) is 1.87. The minimum atomic E-state index is -0.442. The fourth-order valence-electron chi connectivity index (χ4n) is 0.843. The fraction of sp³-hybridized carbons (Fsp3) is 0.250. The standard InChI is InChI=1S/C8H6BrCl2F/c1-4(9)5-2-8(12)7(11)3-6(5)10/h2-4H,1H3. The van der Waals surface area contributed by atoms with Crippen LogP contribution in [0.1, 0.15) is 17.3 Å². The van der Waals surface area contributed by atoms with E-state index in [0.29, 0.717) is 10.6 Å². The maximum atomic E-state index is 12.9. The Morgan fingerprint density at radius 3 is 2.42 bits per heavy atom. The molecule has 0 aliphatic rings. The molecule has 0 aromatic heterocycles. The second kappa shape index (κ2) is 3.95. The highest BCUT2D eigenvalue weighted by atomic mass is 79.9. The van der Waals surface area contributed by atoms with E-state index < -0.39 is 5.82 Å². The number of alkyl halides is 1. The van der Waals surface area contributed by atoms with Crippen LogP contribution < -0.4 is 0 Å². The quantitative estimate of drug-likeness (QED) is 0.518. The number of hydrogen-bond donors (Lipinski definition) is 0. The van der Waals surface area contributed by atoms with Crippen LogP contribution in [0.5, 0.6) is 0 Å². The van der Waals surface area contributed by atoms with Crippen molar-refractivity contribution in [1.29, 1.82) is 0 Å². The summed E-state index contributed by atoms with van der Waals surface area (Å²) in [6.07, 6.45) is 0. The zero-order chi connectivity index (χ0) is 9.30. The predicted octanol–water partition coefficient (Wildman–Crippen LogP) is 4.59. The van der Waals surface area contributed by atoms with Crippen molar-refractivity contribution in [3.05, 3.63) is 33.6 Å². The Hall–Kier alpha value is 0.210. The largest absolute Gasteiger partial charge is 0.205 e. The molecule has 12 heavy (non-hydrogen) atoms. The topological polar surface area (TPSA) is 0 Å². The molecule has 0 bridgehead atoms. The molecule has 0 heterocycles. The van der Waals surface area contributed by atoms with Crippen molar-refractivity contribution in [1.82, 2.24) is 0 Å². The molecule has 1 atom stereocenters. The van der Waals surface area contributed by atoms with E-state index in [4.69, 9.17) is 23.2 Å². The normalized spacial score (nSPS) is 13.1. The van der Waals surface area contributed by atoms with Crippen LogP contribution in [0, 0.1) is 5.82 Å². The van der Waals surface area contributed by atoms with Gasteiger partial charge in [0.15, 0.2) is 0 Å². The van der Waals surface area contributed by atoms with Gasteiger partial charge in [0, 0.05) is 9.85 Å². The van der Waals surface area contributed by atoms with Crippen LogP contribution in [-0.2, 0) is 0 Å². The Kier molecular flexibility index (Phi) is 3.38. The van der Waals surface area contributed by atoms with Gasteiger partial charge in [0.25, 0.3) is 0 Å². The first kappa shape index (κ1) is 10.3. The molecule has 1 aromatic carbocycles. The van der Waals surface area contributed by atoms with E-state index in [1.165, 1.54) is 12.1 Å². The molecule has 0 aliphatic heterocycles. The van der Waals surface area contributed by atoms with Crippen LogP contribution in [0.2, 0.25) is 10.0 Å². The number of rotatable bonds is 1. The summed E-state index contributed by atoms with van der Waals surface area (Å²) in [5.41, 5.74) is 0.707. The molecule has 0 radical (unpaired) electrons. The molecule has 4 heteroatoms. The van der Waals surface area contributed by atoms with E-state index in [0.717, 1.165) is 0 Å². The third-order valence-electron chi connectivity index (χ3n) is 1.47. The lowest BCUT2D eigenvalue weighted by atomic mass is 10.2. The molecule has 0 saturated heterocycles. The third-order valence-corrected chi connectivity index (χ3v) is 2.58. The van der Waals surface area contributed by atoms with Gasteiger partial charge in [-0.05, 0) is 24.6 Å². The molecule has 0 aliphatic carbocycles. The molecule has 0 amide bonds.